The maximum atomic E-state index is 10.9. The van der Waals surface area contributed by atoms with E-state index in [1.54, 1.807) is 0 Å². The predicted molar refractivity (Wildman–Crippen MR) is 118 cm³/mol. The van der Waals surface area contributed by atoms with Crippen LogP contribution >= 0.6 is 0 Å². The molecule has 5 nitrogen and oxygen atoms in total. The van der Waals surface area contributed by atoms with Crippen LogP contribution in [-0.2, 0) is 25.2 Å². The molecule has 2 rings (SSSR count). The Morgan fingerprint density at radius 2 is 1.72 bits per heavy atom. The molecule has 6 heteroatoms. The molecule has 0 radical (unpaired) electrons. The first kappa shape index (κ1) is 24.5. The predicted octanol–water partition coefficient (Wildman–Crippen LogP) is 4.82. The molecule has 166 valence electrons. The van der Waals surface area contributed by atoms with E-state index in [0.29, 0.717) is 39.1 Å². The molecule has 0 aromatic heterocycles. The summed E-state index contributed by atoms with van der Waals surface area (Å²) in [5.74, 6) is -0.503. The summed E-state index contributed by atoms with van der Waals surface area (Å²) >= 11 is 0. The quantitative estimate of drug-likeness (QED) is 0.516. The summed E-state index contributed by atoms with van der Waals surface area (Å²) in [6.45, 7) is 14.8. The van der Waals surface area contributed by atoms with E-state index in [0.717, 1.165) is 18.4 Å². The summed E-state index contributed by atoms with van der Waals surface area (Å²) in [5, 5.41) is 10.9. The van der Waals surface area contributed by atoms with E-state index in [1.807, 2.05) is 32.0 Å². The minimum absolute atomic E-state index is 0.00122. The Morgan fingerprint density at radius 1 is 1.10 bits per heavy atom. The Hall–Kier alpha value is -0.763. The van der Waals surface area contributed by atoms with Gasteiger partial charge in [0.1, 0.15) is 0 Å². The van der Waals surface area contributed by atoms with Crippen LogP contribution in [0.2, 0.25) is 11.6 Å². The van der Waals surface area contributed by atoms with Crippen molar-refractivity contribution in [1.29, 1.82) is 0 Å². The Balaban J connectivity index is 1.84. The molecule has 29 heavy (non-hydrogen) atoms. The largest absolute Gasteiger partial charge is 0.411 e. The lowest BCUT2D eigenvalue weighted by Crippen LogP contribution is -2.51. The second-order valence-corrected chi connectivity index (χ2v) is 14.5. The van der Waals surface area contributed by atoms with Gasteiger partial charge in [-0.25, -0.2) is 0 Å². The summed E-state index contributed by atoms with van der Waals surface area (Å²) in [6.07, 6.45) is 2.85. The molecule has 1 aromatic rings. The molecule has 0 unspecified atom stereocenters. The van der Waals surface area contributed by atoms with Gasteiger partial charge in [-0.05, 0) is 43.8 Å². The summed E-state index contributed by atoms with van der Waals surface area (Å²) in [4.78, 5) is 0. The molecular formula is C23H40O5Si. The molecule has 1 aliphatic rings. The van der Waals surface area contributed by atoms with Crippen LogP contribution in [0.25, 0.3) is 0 Å². The first-order valence-corrected chi connectivity index (χ1v) is 13.3. The molecule has 0 aliphatic carbocycles. The van der Waals surface area contributed by atoms with E-state index in [4.69, 9.17) is 18.6 Å². The SMILES string of the molecule is CC1(CCC[C@](C)(O)CO[Si@](C)(COCc2ccccc2)C(C)(C)C)OCCO1. The van der Waals surface area contributed by atoms with Crippen molar-refractivity contribution < 1.29 is 23.7 Å². The highest BCUT2D eigenvalue weighted by atomic mass is 28.4. The van der Waals surface area contributed by atoms with Crippen molar-refractivity contribution in [2.24, 2.45) is 0 Å². The van der Waals surface area contributed by atoms with Gasteiger partial charge in [0.05, 0.1) is 38.3 Å². The minimum Gasteiger partial charge on any atom is -0.411 e. The van der Waals surface area contributed by atoms with Gasteiger partial charge >= 0.3 is 0 Å². The molecule has 1 fully saturated rings. The molecule has 1 N–H and O–H groups in total. The van der Waals surface area contributed by atoms with Crippen molar-refractivity contribution in [2.45, 2.75) is 83.5 Å². The van der Waals surface area contributed by atoms with Gasteiger partial charge in [0.25, 0.3) is 0 Å². The van der Waals surface area contributed by atoms with Gasteiger partial charge in [0.15, 0.2) is 5.79 Å². The van der Waals surface area contributed by atoms with E-state index in [1.165, 1.54) is 0 Å². The number of aliphatic hydroxyl groups is 1. The highest BCUT2D eigenvalue weighted by Gasteiger charge is 2.44. The molecule has 1 aliphatic heterocycles. The topological polar surface area (TPSA) is 57.2 Å². The van der Waals surface area contributed by atoms with E-state index in [9.17, 15) is 5.11 Å². The van der Waals surface area contributed by atoms with Crippen molar-refractivity contribution in [3.8, 4) is 0 Å². The molecule has 1 heterocycles. The average Bonchev–Trinajstić information content (AvgIpc) is 3.06. The molecular weight excluding hydrogens is 384 g/mol. The van der Waals surface area contributed by atoms with Crippen molar-refractivity contribution in [1.82, 2.24) is 0 Å². The lowest BCUT2D eigenvalue weighted by Gasteiger charge is -2.41. The molecule has 0 spiro atoms. The molecule has 0 amide bonds. The van der Waals surface area contributed by atoms with Gasteiger partial charge < -0.3 is 23.7 Å². The van der Waals surface area contributed by atoms with Gasteiger partial charge in [0, 0.05) is 6.42 Å². The van der Waals surface area contributed by atoms with Gasteiger partial charge in [0.2, 0.25) is 8.32 Å². The fourth-order valence-electron chi connectivity index (χ4n) is 3.29. The lowest BCUT2D eigenvalue weighted by atomic mass is 9.98. The van der Waals surface area contributed by atoms with Crippen LogP contribution in [0.3, 0.4) is 0 Å². The van der Waals surface area contributed by atoms with Gasteiger partial charge in [-0.15, -0.1) is 0 Å². The number of benzene rings is 1. The summed E-state index contributed by atoms with van der Waals surface area (Å²) in [6, 6.07) is 10.2. The van der Waals surface area contributed by atoms with Crippen molar-refractivity contribution in [3.05, 3.63) is 35.9 Å². The standard InChI is InChI=1S/C23H40O5Si/c1-21(2,3)29(6,19-25-17-20-11-8-7-9-12-20)28-18-22(4,24)13-10-14-23(5)26-15-16-27-23/h7-9,11-12,24H,10,13-19H2,1-6H3/t22-,29+/m0/s1. The van der Waals surface area contributed by atoms with Crippen LogP contribution in [0.1, 0.15) is 59.4 Å². The summed E-state index contributed by atoms with van der Waals surface area (Å²) in [5.41, 5.74) is 0.281. The van der Waals surface area contributed by atoms with Crippen LogP contribution in [0.5, 0.6) is 0 Å². The lowest BCUT2D eigenvalue weighted by molar-refractivity contribution is -0.149. The molecule has 2 atom stereocenters. The number of ether oxygens (including phenoxy) is 3. The third kappa shape index (κ3) is 7.77. The second-order valence-electron chi connectivity index (χ2n) is 9.93. The number of hydrogen-bond donors (Lipinski definition) is 1. The number of rotatable bonds is 11. The fraction of sp³-hybridized carbons (Fsp3) is 0.739. The van der Waals surface area contributed by atoms with Crippen LogP contribution in [0.4, 0.5) is 0 Å². The summed E-state index contributed by atoms with van der Waals surface area (Å²) < 4.78 is 23.8. The van der Waals surface area contributed by atoms with Crippen LogP contribution in [-0.4, -0.2) is 50.9 Å². The Labute approximate surface area is 177 Å². The van der Waals surface area contributed by atoms with Crippen molar-refractivity contribution in [3.63, 3.8) is 0 Å². The van der Waals surface area contributed by atoms with E-state index < -0.39 is 19.7 Å². The molecule has 0 saturated carbocycles. The van der Waals surface area contributed by atoms with E-state index >= 15 is 0 Å². The Bertz CT molecular complexity index is 607. The normalized spacial score (nSPS) is 20.9. The fourth-order valence-corrected chi connectivity index (χ4v) is 5.36. The third-order valence-electron chi connectivity index (χ3n) is 6.02. The van der Waals surface area contributed by atoms with Crippen molar-refractivity contribution in [2.75, 3.05) is 26.1 Å². The average molecular weight is 425 g/mol. The molecule has 0 bridgehead atoms. The van der Waals surface area contributed by atoms with Crippen LogP contribution in [0, 0.1) is 0 Å². The highest BCUT2D eigenvalue weighted by molar-refractivity contribution is 6.75. The van der Waals surface area contributed by atoms with E-state index in [-0.39, 0.29) is 5.04 Å². The third-order valence-corrected chi connectivity index (χ3v) is 10.7. The minimum atomic E-state index is -2.23. The van der Waals surface area contributed by atoms with Gasteiger partial charge in [-0.1, -0.05) is 51.1 Å². The Kier molecular flexibility index (Phi) is 8.48. The van der Waals surface area contributed by atoms with Crippen LogP contribution in [0.15, 0.2) is 30.3 Å². The zero-order valence-corrected chi connectivity index (χ0v) is 20.1. The summed E-state index contributed by atoms with van der Waals surface area (Å²) in [7, 11) is -2.23. The maximum Gasteiger partial charge on any atom is 0.220 e. The monoisotopic (exact) mass is 424 g/mol. The first-order chi connectivity index (χ1) is 13.4. The molecule has 1 saturated heterocycles. The highest BCUT2D eigenvalue weighted by Crippen LogP contribution is 2.38. The Morgan fingerprint density at radius 3 is 2.31 bits per heavy atom. The maximum absolute atomic E-state index is 10.9. The van der Waals surface area contributed by atoms with Gasteiger partial charge in [-0.2, -0.15) is 0 Å². The second kappa shape index (κ2) is 10.0. The smallest absolute Gasteiger partial charge is 0.220 e. The van der Waals surface area contributed by atoms with Crippen LogP contribution < -0.4 is 0 Å². The first-order valence-electron chi connectivity index (χ1n) is 10.7. The van der Waals surface area contributed by atoms with E-state index in [2.05, 4.69) is 39.5 Å². The zero-order chi connectivity index (χ0) is 21.6. The molecule has 1 aromatic carbocycles. The number of hydrogen-bond acceptors (Lipinski definition) is 5. The zero-order valence-electron chi connectivity index (χ0n) is 19.1. The van der Waals surface area contributed by atoms with Crippen molar-refractivity contribution >= 4 is 8.32 Å². The van der Waals surface area contributed by atoms with Gasteiger partial charge in [-0.3, -0.25) is 0 Å².